The monoisotopic (exact) mass is 343 g/mol. The molecular weight excluding hydrogens is 321 g/mol. The molecule has 1 aromatic heterocycles. The van der Waals surface area contributed by atoms with E-state index in [-0.39, 0.29) is 17.8 Å². The Hall–Kier alpha value is -2.50. The summed E-state index contributed by atoms with van der Waals surface area (Å²) in [5.41, 5.74) is 1.95. The molecule has 0 saturated carbocycles. The number of nitrogens with zero attached hydrogens (tertiary/aromatic N) is 3. The van der Waals surface area contributed by atoms with Gasteiger partial charge in [-0.25, -0.2) is 14.4 Å². The number of amides is 1. The van der Waals surface area contributed by atoms with Gasteiger partial charge in [0.05, 0.1) is 6.54 Å². The van der Waals surface area contributed by atoms with Crippen LogP contribution < -0.4 is 4.74 Å². The summed E-state index contributed by atoms with van der Waals surface area (Å²) in [6.07, 6.45) is 5.90. The summed E-state index contributed by atoms with van der Waals surface area (Å²) in [4.78, 5) is 22.7. The lowest BCUT2D eigenvalue weighted by atomic mass is 10.1. The predicted molar refractivity (Wildman–Crippen MR) is 92.1 cm³/mol. The van der Waals surface area contributed by atoms with Gasteiger partial charge in [0.15, 0.2) is 0 Å². The van der Waals surface area contributed by atoms with E-state index >= 15 is 0 Å². The topological polar surface area (TPSA) is 55.3 Å². The van der Waals surface area contributed by atoms with Gasteiger partial charge in [0, 0.05) is 24.5 Å². The third-order valence-corrected chi connectivity index (χ3v) is 4.45. The lowest BCUT2D eigenvalue weighted by Gasteiger charge is -2.32. The molecule has 2 heterocycles. The number of hydrogen-bond donors (Lipinski definition) is 0. The Morgan fingerprint density at radius 3 is 2.80 bits per heavy atom. The van der Waals surface area contributed by atoms with Gasteiger partial charge in [0.1, 0.15) is 11.9 Å². The van der Waals surface area contributed by atoms with Gasteiger partial charge in [-0.15, -0.1) is 0 Å². The van der Waals surface area contributed by atoms with E-state index in [2.05, 4.69) is 9.97 Å². The van der Waals surface area contributed by atoms with Crippen LogP contribution in [0.3, 0.4) is 0 Å². The van der Waals surface area contributed by atoms with E-state index in [1.54, 1.807) is 36.4 Å². The van der Waals surface area contributed by atoms with Gasteiger partial charge in [-0.2, -0.15) is 0 Å². The highest BCUT2D eigenvalue weighted by Crippen LogP contribution is 2.19. The number of aryl methyl sites for hydroxylation is 2. The molecule has 1 unspecified atom stereocenters. The standard InChI is InChI=1S/C19H22FN3O2/c1-3-14-10-21-19(22-11-14)25-16-5-4-8-23(12-16)18(24)15-7-6-13(2)17(20)9-15/h6-7,9-11,16H,3-5,8,12H2,1-2H3. The molecule has 132 valence electrons. The SMILES string of the molecule is CCc1cnc(OC2CCCN(C(=O)c3ccc(C)c(F)c3)C2)nc1. The summed E-state index contributed by atoms with van der Waals surface area (Å²) >= 11 is 0. The normalized spacial score (nSPS) is 17.4. The molecule has 1 amide bonds. The van der Waals surface area contributed by atoms with E-state index in [9.17, 15) is 9.18 Å². The van der Waals surface area contributed by atoms with Crippen LogP contribution in [0.1, 0.15) is 41.3 Å². The maximum Gasteiger partial charge on any atom is 0.316 e. The smallest absolute Gasteiger partial charge is 0.316 e. The fourth-order valence-corrected chi connectivity index (χ4v) is 2.86. The number of likely N-dealkylation sites (tertiary alicyclic amines) is 1. The Morgan fingerprint density at radius 1 is 1.36 bits per heavy atom. The van der Waals surface area contributed by atoms with Crippen LogP contribution >= 0.6 is 0 Å². The number of carbonyl (C=O) groups excluding carboxylic acids is 1. The van der Waals surface area contributed by atoms with Crippen LogP contribution in [0.5, 0.6) is 6.01 Å². The van der Waals surface area contributed by atoms with E-state index in [4.69, 9.17) is 4.74 Å². The molecule has 0 radical (unpaired) electrons. The number of hydrogen-bond acceptors (Lipinski definition) is 4. The number of aromatic nitrogens is 2. The molecule has 1 fully saturated rings. The Labute approximate surface area is 146 Å². The van der Waals surface area contributed by atoms with Crippen LogP contribution in [0.25, 0.3) is 0 Å². The summed E-state index contributed by atoms with van der Waals surface area (Å²) in [7, 11) is 0. The van der Waals surface area contributed by atoms with Crippen LogP contribution in [0.2, 0.25) is 0 Å². The molecule has 3 rings (SSSR count). The fourth-order valence-electron chi connectivity index (χ4n) is 2.86. The molecule has 0 N–H and O–H groups in total. The van der Waals surface area contributed by atoms with Gasteiger partial charge < -0.3 is 9.64 Å². The molecule has 1 aliphatic heterocycles. The van der Waals surface area contributed by atoms with Crippen molar-refractivity contribution in [2.24, 2.45) is 0 Å². The van der Waals surface area contributed by atoms with Gasteiger partial charge >= 0.3 is 6.01 Å². The summed E-state index contributed by atoms with van der Waals surface area (Å²) in [6.45, 7) is 4.81. The number of ether oxygens (including phenoxy) is 1. The van der Waals surface area contributed by atoms with Crippen molar-refractivity contribution in [3.05, 3.63) is 53.1 Å². The minimum Gasteiger partial charge on any atom is -0.458 e. The molecule has 1 aromatic carbocycles. The zero-order chi connectivity index (χ0) is 17.8. The van der Waals surface area contributed by atoms with Gasteiger partial charge in [0.2, 0.25) is 0 Å². The first-order chi connectivity index (χ1) is 12.1. The lowest BCUT2D eigenvalue weighted by molar-refractivity contribution is 0.0515. The minimum atomic E-state index is -0.361. The lowest BCUT2D eigenvalue weighted by Crippen LogP contribution is -2.44. The molecule has 25 heavy (non-hydrogen) atoms. The quantitative estimate of drug-likeness (QED) is 0.856. The summed E-state index contributed by atoms with van der Waals surface area (Å²) in [6, 6.07) is 4.92. The molecular formula is C19H22FN3O2. The summed E-state index contributed by atoms with van der Waals surface area (Å²) in [5, 5.41) is 0. The molecule has 1 saturated heterocycles. The van der Waals surface area contributed by atoms with Crippen molar-refractivity contribution in [3.63, 3.8) is 0 Å². The first kappa shape index (κ1) is 17.3. The summed E-state index contributed by atoms with van der Waals surface area (Å²) in [5.74, 6) is -0.533. The van der Waals surface area contributed by atoms with Crippen LogP contribution in [-0.2, 0) is 6.42 Å². The van der Waals surface area contributed by atoms with Crippen molar-refractivity contribution in [2.75, 3.05) is 13.1 Å². The third kappa shape index (κ3) is 4.13. The molecule has 0 bridgehead atoms. The van der Waals surface area contributed by atoms with E-state index < -0.39 is 0 Å². The number of piperidine rings is 1. The number of halogens is 1. The average molecular weight is 343 g/mol. The third-order valence-electron chi connectivity index (χ3n) is 4.45. The summed E-state index contributed by atoms with van der Waals surface area (Å²) < 4.78 is 19.5. The molecule has 2 aromatic rings. The molecule has 6 heteroatoms. The molecule has 0 spiro atoms. The van der Waals surface area contributed by atoms with Crippen LogP contribution in [0, 0.1) is 12.7 Å². The van der Waals surface area contributed by atoms with Gasteiger partial charge in [-0.05, 0) is 49.4 Å². The van der Waals surface area contributed by atoms with Gasteiger partial charge in [-0.3, -0.25) is 4.79 Å². The number of rotatable bonds is 4. The molecule has 1 aliphatic rings. The highest BCUT2D eigenvalue weighted by atomic mass is 19.1. The Morgan fingerprint density at radius 2 is 2.12 bits per heavy atom. The predicted octanol–water partition coefficient (Wildman–Crippen LogP) is 3.17. The minimum absolute atomic E-state index is 0.152. The van der Waals surface area contributed by atoms with Crippen molar-refractivity contribution in [2.45, 2.75) is 39.2 Å². The van der Waals surface area contributed by atoms with Crippen molar-refractivity contribution < 1.29 is 13.9 Å². The second kappa shape index (κ2) is 7.59. The average Bonchev–Trinajstić information content (AvgIpc) is 2.64. The second-order valence-electron chi connectivity index (χ2n) is 6.32. The number of carbonyl (C=O) groups is 1. The van der Waals surface area contributed by atoms with Crippen LogP contribution in [-0.4, -0.2) is 40.0 Å². The van der Waals surface area contributed by atoms with Crippen LogP contribution in [0.4, 0.5) is 4.39 Å². The Bertz CT molecular complexity index is 749. The van der Waals surface area contributed by atoms with Gasteiger partial charge in [-0.1, -0.05) is 13.0 Å². The zero-order valence-electron chi connectivity index (χ0n) is 14.5. The Kier molecular flexibility index (Phi) is 5.26. The van der Waals surface area contributed by atoms with Crippen molar-refractivity contribution in [3.8, 4) is 6.01 Å². The van der Waals surface area contributed by atoms with Crippen LogP contribution in [0.15, 0.2) is 30.6 Å². The molecule has 5 nitrogen and oxygen atoms in total. The van der Waals surface area contributed by atoms with Crippen molar-refractivity contribution >= 4 is 5.91 Å². The van der Waals surface area contributed by atoms with E-state index in [0.717, 1.165) is 24.8 Å². The molecule has 0 aliphatic carbocycles. The first-order valence-electron chi connectivity index (χ1n) is 8.60. The maximum atomic E-state index is 13.7. The van der Waals surface area contributed by atoms with Crippen molar-refractivity contribution in [1.29, 1.82) is 0 Å². The zero-order valence-corrected chi connectivity index (χ0v) is 14.5. The highest BCUT2D eigenvalue weighted by Gasteiger charge is 2.26. The fraction of sp³-hybridized carbons (Fsp3) is 0.421. The first-order valence-corrected chi connectivity index (χ1v) is 8.60. The highest BCUT2D eigenvalue weighted by molar-refractivity contribution is 5.94. The van der Waals surface area contributed by atoms with E-state index in [0.29, 0.717) is 30.2 Å². The second-order valence-corrected chi connectivity index (χ2v) is 6.32. The Balaban J connectivity index is 1.65. The van der Waals surface area contributed by atoms with E-state index in [1.165, 1.54) is 6.07 Å². The number of benzene rings is 1. The van der Waals surface area contributed by atoms with Gasteiger partial charge in [0.25, 0.3) is 5.91 Å². The maximum absolute atomic E-state index is 13.7. The van der Waals surface area contributed by atoms with Crippen molar-refractivity contribution in [1.82, 2.24) is 14.9 Å². The largest absolute Gasteiger partial charge is 0.458 e. The van der Waals surface area contributed by atoms with E-state index in [1.807, 2.05) is 6.92 Å². The molecule has 1 atom stereocenters.